The SMILES string of the molecule is CC.CC.O=C(O)c1cc(-c2ccc(Br)c(F)c2)nc2ccncc12. The fourth-order valence-electron chi connectivity index (χ4n) is 2.05. The van der Waals surface area contributed by atoms with Crippen molar-refractivity contribution in [2.45, 2.75) is 27.7 Å². The molecule has 132 valence electrons. The van der Waals surface area contributed by atoms with Crippen LogP contribution in [0.5, 0.6) is 0 Å². The van der Waals surface area contributed by atoms with Gasteiger partial charge in [0.2, 0.25) is 0 Å². The highest BCUT2D eigenvalue weighted by Crippen LogP contribution is 2.27. The molecule has 0 saturated heterocycles. The number of carbonyl (C=O) groups is 1. The van der Waals surface area contributed by atoms with E-state index in [9.17, 15) is 14.3 Å². The summed E-state index contributed by atoms with van der Waals surface area (Å²) in [5.41, 5.74) is 1.50. The van der Waals surface area contributed by atoms with Crippen LogP contribution < -0.4 is 0 Å². The monoisotopic (exact) mass is 406 g/mol. The minimum absolute atomic E-state index is 0.0893. The first-order chi connectivity index (χ1) is 12.1. The Hall–Kier alpha value is -2.34. The third-order valence-electron chi connectivity index (χ3n) is 3.06. The van der Waals surface area contributed by atoms with E-state index in [1.54, 1.807) is 18.2 Å². The molecule has 0 bridgehead atoms. The molecule has 0 spiro atoms. The topological polar surface area (TPSA) is 63.1 Å². The highest BCUT2D eigenvalue weighted by molar-refractivity contribution is 9.10. The third-order valence-corrected chi connectivity index (χ3v) is 3.70. The van der Waals surface area contributed by atoms with E-state index in [1.807, 2.05) is 27.7 Å². The standard InChI is InChI=1S/C15H8BrFN2O2.2C2H6/c16-11-2-1-8(5-12(11)17)14-6-9(15(20)21)10-7-18-4-3-13(10)19-14;2*1-2/h1-7H,(H,20,21);2*1-2H3. The van der Waals surface area contributed by atoms with Crippen LogP contribution >= 0.6 is 15.9 Å². The van der Waals surface area contributed by atoms with E-state index in [0.29, 0.717) is 26.6 Å². The first kappa shape index (κ1) is 20.7. The first-order valence-corrected chi connectivity index (χ1v) is 8.79. The Morgan fingerprint density at radius 3 is 2.40 bits per heavy atom. The molecule has 3 rings (SSSR count). The highest BCUT2D eigenvalue weighted by atomic mass is 79.9. The van der Waals surface area contributed by atoms with Gasteiger partial charge in [0, 0.05) is 23.3 Å². The minimum atomic E-state index is -1.07. The number of hydrogen-bond acceptors (Lipinski definition) is 3. The van der Waals surface area contributed by atoms with Crippen LogP contribution in [-0.4, -0.2) is 21.0 Å². The van der Waals surface area contributed by atoms with Gasteiger partial charge < -0.3 is 5.11 Å². The number of pyridine rings is 2. The number of benzene rings is 1. The van der Waals surface area contributed by atoms with Crippen LogP contribution in [0, 0.1) is 5.82 Å². The van der Waals surface area contributed by atoms with E-state index in [-0.39, 0.29) is 5.56 Å². The van der Waals surface area contributed by atoms with Gasteiger partial charge in [0.05, 0.1) is 21.2 Å². The maximum absolute atomic E-state index is 13.6. The Kier molecular flexibility index (Phi) is 8.15. The summed E-state index contributed by atoms with van der Waals surface area (Å²) in [5, 5.41) is 9.77. The molecule has 0 aliphatic heterocycles. The summed E-state index contributed by atoms with van der Waals surface area (Å²) in [5.74, 6) is -1.50. The molecule has 0 unspecified atom stereocenters. The molecular weight excluding hydrogens is 387 g/mol. The normalized spacial score (nSPS) is 9.52. The number of fused-ring (bicyclic) bond motifs is 1. The van der Waals surface area contributed by atoms with Crippen LogP contribution in [0.3, 0.4) is 0 Å². The maximum Gasteiger partial charge on any atom is 0.336 e. The Morgan fingerprint density at radius 2 is 1.80 bits per heavy atom. The second-order valence-corrected chi connectivity index (χ2v) is 5.24. The van der Waals surface area contributed by atoms with Gasteiger partial charge in [0.15, 0.2) is 0 Å². The predicted molar refractivity (Wildman–Crippen MR) is 102 cm³/mol. The van der Waals surface area contributed by atoms with E-state index >= 15 is 0 Å². The zero-order valence-electron chi connectivity index (χ0n) is 14.5. The lowest BCUT2D eigenvalue weighted by Crippen LogP contribution is -2.00. The van der Waals surface area contributed by atoms with Gasteiger partial charge in [-0.2, -0.15) is 0 Å². The van der Waals surface area contributed by atoms with Crippen molar-refractivity contribution < 1.29 is 14.3 Å². The summed E-state index contributed by atoms with van der Waals surface area (Å²) >= 11 is 3.08. The van der Waals surface area contributed by atoms with Crippen molar-refractivity contribution in [3.63, 3.8) is 0 Å². The molecule has 25 heavy (non-hydrogen) atoms. The molecule has 1 N–H and O–H groups in total. The van der Waals surface area contributed by atoms with Crippen molar-refractivity contribution >= 4 is 32.8 Å². The molecule has 0 atom stereocenters. The summed E-state index contributed by atoms with van der Waals surface area (Å²) in [7, 11) is 0. The Morgan fingerprint density at radius 1 is 1.12 bits per heavy atom. The van der Waals surface area contributed by atoms with Crippen molar-refractivity contribution in [1.29, 1.82) is 0 Å². The van der Waals surface area contributed by atoms with Crippen molar-refractivity contribution in [2.75, 3.05) is 0 Å². The molecular formula is C19H20BrFN2O2. The van der Waals surface area contributed by atoms with Crippen molar-refractivity contribution in [3.05, 3.63) is 58.6 Å². The number of rotatable bonds is 2. The molecule has 0 fully saturated rings. The number of hydrogen-bond donors (Lipinski definition) is 1. The average molecular weight is 407 g/mol. The van der Waals surface area contributed by atoms with E-state index in [0.717, 1.165) is 0 Å². The molecule has 0 radical (unpaired) electrons. The summed E-state index contributed by atoms with van der Waals surface area (Å²) in [6.45, 7) is 8.00. The fourth-order valence-corrected chi connectivity index (χ4v) is 2.30. The zero-order chi connectivity index (χ0) is 19.0. The van der Waals surface area contributed by atoms with Gasteiger partial charge in [-0.05, 0) is 40.2 Å². The Labute approximate surface area is 154 Å². The molecule has 1 aromatic carbocycles. The quantitative estimate of drug-likeness (QED) is 0.570. The molecule has 0 aliphatic rings. The van der Waals surface area contributed by atoms with E-state index < -0.39 is 11.8 Å². The largest absolute Gasteiger partial charge is 0.478 e. The van der Waals surface area contributed by atoms with Crippen LogP contribution in [0.25, 0.3) is 22.2 Å². The van der Waals surface area contributed by atoms with Gasteiger partial charge in [-0.25, -0.2) is 14.2 Å². The molecule has 4 nitrogen and oxygen atoms in total. The highest BCUT2D eigenvalue weighted by Gasteiger charge is 2.13. The zero-order valence-corrected chi connectivity index (χ0v) is 16.1. The second kappa shape index (κ2) is 9.84. The lowest BCUT2D eigenvalue weighted by atomic mass is 10.1. The number of aromatic nitrogens is 2. The summed E-state index contributed by atoms with van der Waals surface area (Å²) in [6.07, 6.45) is 2.99. The van der Waals surface area contributed by atoms with E-state index in [1.165, 1.54) is 24.5 Å². The first-order valence-electron chi connectivity index (χ1n) is 8.00. The summed E-state index contributed by atoms with van der Waals surface area (Å²) in [6, 6.07) is 7.60. The van der Waals surface area contributed by atoms with Gasteiger partial charge in [-0.1, -0.05) is 33.8 Å². The lowest BCUT2D eigenvalue weighted by molar-refractivity contribution is 0.0699. The van der Waals surface area contributed by atoms with Gasteiger partial charge in [0.25, 0.3) is 0 Å². The van der Waals surface area contributed by atoms with Crippen LogP contribution in [0.1, 0.15) is 38.1 Å². The number of aromatic carboxylic acids is 1. The molecule has 6 heteroatoms. The second-order valence-electron chi connectivity index (χ2n) is 4.38. The number of carboxylic acid groups (broad SMARTS) is 1. The van der Waals surface area contributed by atoms with Crippen LogP contribution in [0.4, 0.5) is 4.39 Å². The smallest absolute Gasteiger partial charge is 0.336 e. The summed E-state index contributed by atoms with van der Waals surface area (Å²) in [4.78, 5) is 19.7. The minimum Gasteiger partial charge on any atom is -0.478 e. The maximum atomic E-state index is 13.6. The molecule has 0 amide bonds. The predicted octanol–water partition coefficient (Wildman–Crippen LogP) is 5.95. The number of nitrogens with zero attached hydrogens (tertiary/aromatic N) is 2. The molecule has 3 aromatic rings. The van der Waals surface area contributed by atoms with Gasteiger partial charge in [-0.3, -0.25) is 4.98 Å². The Bertz CT molecular complexity index is 869. The molecule has 0 saturated carbocycles. The summed E-state index contributed by atoms with van der Waals surface area (Å²) < 4.78 is 14.0. The van der Waals surface area contributed by atoms with E-state index in [4.69, 9.17) is 0 Å². The molecule has 2 heterocycles. The van der Waals surface area contributed by atoms with Crippen molar-refractivity contribution in [1.82, 2.24) is 9.97 Å². The molecule has 0 aliphatic carbocycles. The van der Waals surface area contributed by atoms with Gasteiger partial charge in [0.1, 0.15) is 5.82 Å². The molecule has 2 aromatic heterocycles. The van der Waals surface area contributed by atoms with Gasteiger partial charge >= 0.3 is 5.97 Å². The van der Waals surface area contributed by atoms with Crippen LogP contribution in [-0.2, 0) is 0 Å². The van der Waals surface area contributed by atoms with Crippen molar-refractivity contribution in [2.24, 2.45) is 0 Å². The Balaban J connectivity index is 0.000000730. The van der Waals surface area contributed by atoms with Crippen LogP contribution in [0.2, 0.25) is 0 Å². The fraction of sp³-hybridized carbons (Fsp3) is 0.211. The number of carboxylic acids is 1. The average Bonchev–Trinajstić information content (AvgIpc) is 2.66. The van der Waals surface area contributed by atoms with E-state index in [2.05, 4.69) is 25.9 Å². The van der Waals surface area contributed by atoms with Gasteiger partial charge in [-0.15, -0.1) is 0 Å². The number of halogens is 2. The van der Waals surface area contributed by atoms with Crippen molar-refractivity contribution in [3.8, 4) is 11.3 Å². The van der Waals surface area contributed by atoms with Crippen LogP contribution in [0.15, 0.2) is 47.2 Å². The lowest BCUT2D eigenvalue weighted by Gasteiger charge is -2.07. The third kappa shape index (κ3) is 4.82.